The molecule has 0 atom stereocenters. The third-order valence-electron chi connectivity index (χ3n) is 4.80. The average Bonchev–Trinajstić information content (AvgIpc) is 3.05. The zero-order chi connectivity index (χ0) is 20.6. The summed E-state index contributed by atoms with van der Waals surface area (Å²) in [5.74, 6) is -0.740. The first-order valence-electron chi connectivity index (χ1n) is 8.96. The number of benzene rings is 2. The number of halogens is 4. The second-order valence-corrected chi connectivity index (χ2v) is 7.02. The maximum Gasteiger partial charge on any atom is 0.418 e. The highest BCUT2D eigenvalue weighted by Gasteiger charge is 2.35. The van der Waals surface area contributed by atoms with Crippen molar-refractivity contribution >= 4 is 39.8 Å². The maximum absolute atomic E-state index is 13.7. The van der Waals surface area contributed by atoms with Gasteiger partial charge in [-0.1, -0.05) is 29.8 Å². The number of carbonyl (C=O) groups is 1. The molecule has 9 heteroatoms. The Hall–Kier alpha value is -2.71. The molecule has 0 saturated carbocycles. The molecule has 1 aliphatic heterocycles. The largest absolute Gasteiger partial charge is 0.418 e. The van der Waals surface area contributed by atoms with E-state index in [0.29, 0.717) is 42.9 Å². The number of anilines is 2. The molecule has 29 heavy (non-hydrogen) atoms. The minimum atomic E-state index is -4.63. The molecular formula is C20H17ClF3N3O2. The highest BCUT2D eigenvalue weighted by atomic mass is 35.5. The lowest BCUT2D eigenvalue weighted by Gasteiger charge is -2.29. The number of nitrogens with one attached hydrogen (secondary N) is 2. The molecule has 1 fully saturated rings. The van der Waals surface area contributed by atoms with E-state index in [4.69, 9.17) is 16.3 Å². The minimum Gasteiger partial charge on any atom is -0.378 e. The molecule has 2 heterocycles. The van der Waals surface area contributed by atoms with Gasteiger partial charge in [-0.05, 0) is 24.3 Å². The molecule has 3 aromatic rings. The lowest BCUT2D eigenvalue weighted by Crippen LogP contribution is -2.36. The second-order valence-electron chi connectivity index (χ2n) is 6.64. The number of aromatic nitrogens is 1. The van der Waals surface area contributed by atoms with E-state index in [1.54, 1.807) is 30.3 Å². The minimum absolute atomic E-state index is 0.0123. The van der Waals surface area contributed by atoms with Gasteiger partial charge in [0.05, 0.1) is 29.5 Å². The Kier molecular flexibility index (Phi) is 5.14. The van der Waals surface area contributed by atoms with Crippen molar-refractivity contribution in [1.29, 1.82) is 0 Å². The molecule has 152 valence electrons. The fourth-order valence-corrected chi connectivity index (χ4v) is 3.64. The standard InChI is InChI=1S/C20H17ClF3N3O2/c21-17-13-3-1-2-4-15(13)25-18(17)19(28)26-16-6-5-12(11-14(16)20(22,23)24)27-7-9-29-10-8-27/h1-6,11,25H,7-10H2,(H,26,28). The SMILES string of the molecule is O=C(Nc1ccc(N2CCOCC2)cc1C(F)(F)F)c1[nH]c2ccccc2c1Cl. The average molecular weight is 424 g/mol. The number of hydrogen-bond donors (Lipinski definition) is 2. The van der Waals surface area contributed by atoms with E-state index >= 15 is 0 Å². The molecule has 0 spiro atoms. The van der Waals surface area contributed by atoms with Crippen LogP contribution >= 0.6 is 11.6 Å². The van der Waals surface area contributed by atoms with Crippen molar-refractivity contribution in [2.45, 2.75) is 6.18 Å². The van der Waals surface area contributed by atoms with Crippen LogP contribution in [0, 0.1) is 0 Å². The number of para-hydroxylation sites is 1. The van der Waals surface area contributed by atoms with Gasteiger partial charge in [-0.15, -0.1) is 0 Å². The third-order valence-corrected chi connectivity index (χ3v) is 5.20. The lowest BCUT2D eigenvalue weighted by molar-refractivity contribution is -0.136. The molecule has 1 saturated heterocycles. The van der Waals surface area contributed by atoms with Crippen molar-refractivity contribution in [2.24, 2.45) is 0 Å². The van der Waals surface area contributed by atoms with Crippen LogP contribution in [0.5, 0.6) is 0 Å². The Morgan fingerprint density at radius 1 is 1.14 bits per heavy atom. The van der Waals surface area contributed by atoms with Gasteiger partial charge in [0.25, 0.3) is 5.91 Å². The molecule has 5 nitrogen and oxygen atoms in total. The Labute approximate surface area is 169 Å². The molecule has 4 rings (SSSR count). The Morgan fingerprint density at radius 2 is 1.86 bits per heavy atom. The number of amides is 1. The van der Waals surface area contributed by atoms with Gasteiger partial charge < -0.3 is 19.9 Å². The van der Waals surface area contributed by atoms with Crippen LogP contribution in [0.25, 0.3) is 10.9 Å². The van der Waals surface area contributed by atoms with Crippen LogP contribution in [0.1, 0.15) is 16.1 Å². The summed E-state index contributed by atoms with van der Waals surface area (Å²) in [6, 6.07) is 10.9. The summed E-state index contributed by atoms with van der Waals surface area (Å²) in [6.07, 6.45) is -4.63. The van der Waals surface area contributed by atoms with Gasteiger partial charge in [0.1, 0.15) is 5.69 Å². The van der Waals surface area contributed by atoms with Crippen LogP contribution < -0.4 is 10.2 Å². The number of nitrogens with zero attached hydrogens (tertiary/aromatic N) is 1. The predicted octanol–water partition coefficient (Wildman–Crippen LogP) is 4.93. The fourth-order valence-electron chi connectivity index (χ4n) is 3.34. The molecule has 2 N–H and O–H groups in total. The summed E-state index contributed by atoms with van der Waals surface area (Å²) in [4.78, 5) is 17.3. The number of fused-ring (bicyclic) bond motifs is 1. The number of ether oxygens (including phenoxy) is 1. The van der Waals surface area contributed by atoms with E-state index in [2.05, 4.69) is 10.3 Å². The first-order chi connectivity index (χ1) is 13.8. The van der Waals surface area contributed by atoms with Crippen molar-refractivity contribution < 1.29 is 22.7 Å². The quantitative estimate of drug-likeness (QED) is 0.628. The number of alkyl halides is 3. The summed E-state index contributed by atoms with van der Waals surface area (Å²) >= 11 is 6.24. The predicted molar refractivity (Wildman–Crippen MR) is 106 cm³/mol. The summed E-state index contributed by atoms with van der Waals surface area (Å²) in [7, 11) is 0. The Balaban J connectivity index is 1.66. The number of hydrogen-bond acceptors (Lipinski definition) is 3. The van der Waals surface area contributed by atoms with Crippen molar-refractivity contribution in [3.05, 3.63) is 58.7 Å². The van der Waals surface area contributed by atoms with Crippen molar-refractivity contribution in [3.8, 4) is 0 Å². The van der Waals surface area contributed by atoms with E-state index in [1.165, 1.54) is 6.07 Å². The summed E-state index contributed by atoms with van der Waals surface area (Å²) in [5.41, 5.74) is -0.168. The maximum atomic E-state index is 13.7. The lowest BCUT2D eigenvalue weighted by atomic mass is 10.1. The summed E-state index contributed by atoms with van der Waals surface area (Å²) < 4.78 is 46.2. The van der Waals surface area contributed by atoms with Gasteiger partial charge in [-0.25, -0.2) is 0 Å². The normalized spacial score (nSPS) is 15.0. The monoisotopic (exact) mass is 423 g/mol. The van der Waals surface area contributed by atoms with Crippen molar-refractivity contribution in [2.75, 3.05) is 36.5 Å². The van der Waals surface area contributed by atoms with Gasteiger partial charge in [-0.2, -0.15) is 13.2 Å². The Bertz CT molecular complexity index is 1060. The Morgan fingerprint density at radius 3 is 2.55 bits per heavy atom. The molecule has 1 amide bonds. The van der Waals surface area contributed by atoms with E-state index in [-0.39, 0.29) is 16.4 Å². The first kappa shape index (κ1) is 19.6. The highest BCUT2D eigenvalue weighted by molar-refractivity contribution is 6.39. The van der Waals surface area contributed by atoms with E-state index in [0.717, 1.165) is 6.07 Å². The highest BCUT2D eigenvalue weighted by Crippen LogP contribution is 2.38. The molecule has 1 aromatic heterocycles. The van der Waals surface area contributed by atoms with Crippen LogP contribution in [0.4, 0.5) is 24.5 Å². The zero-order valence-electron chi connectivity index (χ0n) is 15.1. The third kappa shape index (κ3) is 3.90. The number of aromatic amines is 1. The van der Waals surface area contributed by atoms with E-state index in [9.17, 15) is 18.0 Å². The number of carbonyl (C=O) groups excluding carboxylic acids is 1. The smallest absolute Gasteiger partial charge is 0.378 e. The molecule has 0 bridgehead atoms. The molecule has 0 radical (unpaired) electrons. The van der Waals surface area contributed by atoms with Gasteiger partial charge in [-0.3, -0.25) is 4.79 Å². The number of H-pyrrole nitrogens is 1. The molecule has 2 aromatic carbocycles. The van der Waals surface area contributed by atoms with Gasteiger partial charge in [0.15, 0.2) is 0 Å². The van der Waals surface area contributed by atoms with Crippen LogP contribution in [-0.4, -0.2) is 37.2 Å². The summed E-state index contributed by atoms with van der Waals surface area (Å²) in [6.45, 7) is 1.93. The van der Waals surface area contributed by atoms with E-state index in [1.807, 2.05) is 4.90 Å². The van der Waals surface area contributed by atoms with Crippen LogP contribution in [0.15, 0.2) is 42.5 Å². The summed E-state index contributed by atoms with van der Waals surface area (Å²) in [5, 5.41) is 3.13. The zero-order valence-corrected chi connectivity index (χ0v) is 15.9. The van der Waals surface area contributed by atoms with Gasteiger partial charge in [0, 0.05) is 29.7 Å². The van der Waals surface area contributed by atoms with Crippen LogP contribution in [0.2, 0.25) is 5.02 Å². The van der Waals surface area contributed by atoms with Gasteiger partial charge >= 0.3 is 6.18 Å². The molecule has 0 unspecified atom stereocenters. The van der Waals surface area contributed by atoms with Crippen LogP contribution in [-0.2, 0) is 10.9 Å². The van der Waals surface area contributed by atoms with E-state index < -0.39 is 17.6 Å². The topological polar surface area (TPSA) is 57.4 Å². The number of morpholine rings is 1. The molecular weight excluding hydrogens is 407 g/mol. The first-order valence-corrected chi connectivity index (χ1v) is 9.34. The second kappa shape index (κ2) is 7.61. The van der Waals surface area contributed by atoms with Crippen LogP contribution in [0.3, 0.4) is 0 Å². The van der Waals surface area contributed by atoms with Crippen molar-refractivity contribution in [1.82, 2.24) is 4.98 Å². The van der Waals surface area contributed by atoms with Gasteiger partial charge in [0.2, 0.25) is 0 Å². The number of rotatable bonds is 3. The molecule has 1 aliphatic rings. The van der Waals surface area contributed by atoms with Crippen molar-refractivity contribution in [3.63, 3.8) is 0 Å². The fraction of sp³-hybridized carbons (Fsp3) is 0.250. The molecule has 0 aliphatic carbocycles.